The number of hydrogen-bond donors (Lipinski definition) is 1. The Balaban J connectivity index is 1.90. The van der Waals surface area contributed by atoms with Gasteiger partial charge in [-0.2, -0.15) is 0 Å². The van der Waals surface area contributed by atoms with Crippen LogP contribution in [0.15, 0.2) is 48.5 Å². The Labute approximate surface area is 126 Å². The van der Waals surface area contributed by atoms with Crippen LogP contribution in [0.5, 0.6) is 5.75 Å². The Morgan fingerprint density at radius 3 is 2.52 bits per heavy atom. The summed E-state index contributed by atoms with van der Waals surface area (Å²) in [6.45, 7) is 2.98. The van der Waals surface area contributed by atoms with Crippen LogP contribution in [0.2, 0.25) is 0 Å². The topological polar surface area (TPSA) is 21.3 Å². The number of ether oxygens (including phenoxy) is 1. The first-order valence-corrected chi connectivity index (χ1v) is 7.34. The molecule has 2 aromatic rings. The average Bonchev–Trinajstić information content (AvgIpc) is 2.52. The van der Waals surface area contributed by atoms with Crippen LogP contribution in [0.25, 0.3) is 0 Å². The minimum absolute atomic E-state index is 0.172. The minimum Gasteiger partial charge on any atom is -0.497 e. The number of hydrogen-bond acceptors (Lipinski definition) is 2. The molecule has 0 spiro atoms. The highest BCUT2D eigenvalue weighted by molar-refractivity contribution is 5.29. The van der Waals surface area contributed by atoms with Crippen molar-refractivity contribution in [2.24, 2.45) is 0 Å². The van der Waals surface area contributed by atoms with E-state index in [1.54, 1.807) is 19.2 Å². The summed E-state index contributed by atoms with van der Waals surface area (Å²) >= 11 is 0. The number of benzene rings is 2. The number of halogens is 1. The molecule has 0 heterocycles. The highest BCUT2D eigenvalue weighted by atomic mass is 19.1. The Kier molecular flexibility index (Phi) is 5.76. The fraction of sp³-hybridized carbons (Fsp3) is 0.333. The number of nitrogens with one attached hydrogen (secondary N) is 1. The minimum atomic E-state index is -0.172. The first kappa shape index (κ1) is 15.5. The van der Waals surface area contributed by atoms with E-state index in [2.05, 4.69) is 24.4 Å². The second kappa shape index (κ2) is 7.79. The molecule has 0 aromatic heterocycles. The zero-order valence-electron chi connectivity index (χ0n) is 12.6. The third-order valence-corrected chi connectivity index (χ3v) is 3.62. The lowest BCUT2D eigenvalue weighted by molar-refractivity contribution is 0.414. The largest absolute Gasteiger partial charge is 0.497 e. The van der Waals surface area contributed by atoms with E-state index in [0.29, 0.717) is 6.04 Å². The molecule has 1 N–H and O–H groups in total. The van der Waals surface area contributed by atoms with Crippen LogP contribution >= 0.6 is 0 Å². The van der Waals surface area contributed by atoms with E-state index in [4.69, 9.17) is 4.74 Å². The van der Waals surface area contributed by atoms with Crippen LogP contribution in [0.1, 0.15) is 30.5 Å². The van der Waals surface area contributed by atoms with Gasteiger partial charge in [-0.15, -0.1) is 0 Å². The van der Waals surface area contributed by atoms with E-state index in [1.807, 2.05) is 18.2 Å². The monoisotopic (exact) mass is 287 g/mol. The molecule has 0 bridgehead atoms. The smallest absolute Gasteiger partial charge is 0.123 e. The first-order chi connectivity index (χ1) is 10.2. The first-order valence-electron chi connectivity index (χ1n) is 7.34. The van der Waals surface area contributed by atoms with Gasteiger partial charge in [-0.25, -0.2) is 4.39 Å². The lowest BCUT2D eigenvalue weighted by Crippen LogP contribution is -2.23. The van der Waals surface area contributed by atoms with Crippen molar-refractivity contribution in [2.75, 3.05) is 13.7 Å². The van der Waals surface area contributed by atoms with Gasteiger partial charge < -0.3 is 10.1 Å². The fourth-order valence-corrected chi connectivity index (χ4v) is 2.42. The standard InChI is InChI=1S/C18H22FNO/c1-3-18(15-7-9-17(21-2)10-8-15)20-12-11-14-5-4-6-16(19)13-14/h4-10,13,18,20H,3,11-12H2,1-2H3. The van der Waals surface area contributed by atoms with Crippen molar-refractivity contribution in [3.8, 4) is 5.75 Å². The summed E-state index contributed by atoms with van der Waals surface area (Å²) in [5, 5.41) is 3.53. The SMILES string of the molecule is CCC(NCCc1cccc(F)c1)c1ccc(OC)cc1. The predicted molar refractivity (Wildman–Crippen MR) is 84.1 cm³/mol. The molecule has 2 aromatic carbocycles. The third-order valence-electron chi connectivity index (χ3n) is 3.62. The molecule has 2 nitrogen and oxygen atoms in total. The van der Waals surface area contributed by atoms with Crippen LogP contribution in [0.3, 0.4) is 0 Å². The van der Waals surface area contributed by atoms with E-state index in [0.717, 1.165) is 30.7 Å². The van der Waals surface area contributed by atoms with Crippen LogP contribution in [-0.2, 0) is 6.42 Å². The van der Waals surface area contributed by atoms with Crippen LogP contribution in [0.4, 0.5) is 4.39 Å². The van der Waals surface area contributed by atoms with Gasteiger partial charge in [-0.05, 0) is 54.8 Å². The van der Waals surface area contributed by atoms with Gasteiger partial charge in [-0.1, -0.05) is 31.2 Å². The second-order valence-electron chi connectivity index (χ2n) is 5.07. The highest BCUT2D eigenvalue weighted by Gasteiger charge is 2.08. The summed E-state index contributed by atoms with van der Waals surface area (Å²) in [5.74, 6) is 0.697. The zero-order valence-corrected chi connectivity index (χ0v) is 12.6. The van der Waals surface area contributed by atoms with Crippen molar-refractivity contribution in [2.45, 2.75) is 25.8 Å². The van der Waals surface area contributed by atoms with E-state index in [1.165, 1.54) is 11.6 Å². The molecule has 0 radical (unpaired) electrons. The maximum Gasteiger partial charge on any atom is 0.123 e. The molecule has 0 saturated heterocycles. The Hall–Kier alpha value is -1.87. The molecule has 0 aliphatic carbocycles. The molecular formula is C18H22FNO. The normalized spacial score (nSPS) is 12.1. The molecule has 21 heavy (non-hydrogen) atoms. The molecule has 2 rings (SSSR count). The molecule has 0 fully saturated rings. The molecule has 0 amide bonds. The van der Waals surface area contributed by atoms with Gasteiger partial charge in [0.1, 0.15) is 11.6 Å². The third kappa shape index (κ3) is 4.57. The van der Waals surface area contributed by atoms with Crippen LogP contribution in [-0.4, -0.2) is 13.7 Å². The quantitative estimate of drug-likeness (QED) is 0.827. The maximum atomic E-state index is 13.1. The summed E-state index contributed by atoms with van der Waals surface area (Å²) in [7, 11) is 1.67. The number of rotatable bonds is 7. The lowest BCUT2D eigenvalue weighted by atomic mass is 10.0. The average molecular weight is 287 g/mol. The summed E-state index contributed by atoms with van der Waals surface area (Å²) in [6, 6.07) is 15.2. The van der Waals surface area contributed by atoms with Crippen molar-refractivity contribution in [1.29, 1.82) is 0 Å². The van der Waals surface area contributed by atoms with Gasteiger partial charge >= 0.3 is 0 Å². The van der Waals surface area contributed by atoms with Crippen LogP contribution < -0.4 is 10.1 Å². The van der Waals surface area contributed by atoms with E-state index < -0.39 is 0 Å². The molecule has 3 heteroatoms. The summed E-state index contributed by atoms with van der Waals surface area (Å²) < 4.78 is 18.3. The van der Waals surface area contributed by atoms with Gasteiger partial charge in [0, 0.05) is 6.04 Å². The Morgan fingerprint density at radius 2 is 1.90 bits per heavy atom. The second-order valence-corrected chi connectivity index (χ2v) is 5.07. The summed E-state index contributed by atoms with van der Waals surface area (Å²) in [5.41, 5.74) is 2.27. The van der Waals surface area contributed by atoms with Crippen molar-refractivity contribution >= 4 is 0 Å². The van der Waals surface area contributed by atoms with Crippen molar-refractivity contribution in [1.82, 2.24) is 5.32 Å². The van der Waals surface area contributed by atoms with E-state index >= 15 is 0 Å². The molecule has 0 aliphatic heterocycles. The molecule has 112 valence electrons. The van der Waals surface area contributed by atoms with Crippen molar-refractivity contribution in [3.63, 3.8) is 0 Å². The van der Waals surface area contributed by atoms with Gasteiger partial charge in [0.05, 0.1) is 7.11 Å². The molecule has 0 saturated carbocycles. The van der Waals surface area contributed by atoms with E-state index in [9.17, 15) is 4.39 Å². The highest BCUT2D eigenvalue weighted by Crippen LogP contribution is 2.20. The van der Waals surface area contributed by atoms with Gasteiger partial charge in [0.25, 0.3) is 0 Å². The summed E-state index contributed by atoms with van der Waals surface area (Å²) in [4.78, 5) is 0. The Bertz CT molecular complexity index is 553. The van der Waals surface area contributed by atoms with Gasteiger partial charge in [0.2, 0.25) is 0 Å². The van der Waals surface area contributed by atoms with Crippen molar-refractivity contribution < 1.29 is 9.13 Å². The molecule has 0 aliphatic rings. The number of methoxy groups -OCH3 is 1. The van der Waals surface area contributed by atoms with Gasteiger partial charge in [0.15, 0.2) is 0 Å². The maximum absolute atomic E-state index is 13.1. The zero-order chi connectivity index (χ0) is 15.1. The fourth-order valence-electron chi connectivity index (χ4n) is 2.42. The van der Waals surface area contributed by atoms with Crippen LogP contribution in [0, 0.1) is 5.82 Å². The lowest BCUT2D eigenvalue weighted by Gasteiger charge is -2.18. The van der Waals surface area contributed by atoms with Crippen molar-refractivity contribution in [3.05, 3.63) is 65.5 Å². The molecule has 1 atom stereocenters. The molecular weight excluding hydrogens is 265 g/mol. The van der Waals surface area contributed by atoms with E-state index in [-0.39, 0.29) is 5.82 Å². The summed E-state index contributed by atoms with van der Waals surface area (Å²) in [6.07, 6.45) is 1.83. The predicted octanol–water partition coefficient (Wildman–Crippen LogP) is 4.12. The van der Waals surface area contributed by atoms with Gasteiger partial charge in [-0.3, -0.25) is 0 Å². The Morgan fingerprint density at radius 1 is 1.14 bits per heavy atom. The molecule has 1 unspecified atom stereocenters.